The molecule has 0 bridgehead atoms. The van der Waals surface area contributed by atoms with Crippen LogP contribution >= 0.6 is 0 Å². The summed E-state index contributed by atoms with van der Waals surface area (Å²) in [6.07, 6.45) is 2.65. The van der Waals surface area contributed by atoms with Crippen molar-refractivity contribution in [2.75, 3.05) is 30.4 Å². The summed E-state index contributed by atoms with van der Waals surface area (Å²) in [7, 11) is 0. The molecule has 1 atom stereocenters. The third kappa shape index (κ3) is 2.21. The number of benzene rings is 1. The van der Waals surface area contributed by atoms with Crippen molar-refractivity contribution in [1.82, 2.24) is 9.97 Å². The van der Waals surface area contributed by atoms with E-state index in [1.165, 1.54) is 0 Å². The van der Waals surface area contributed by atoms with Crippen LogP contribution in [0.3, 0.4) is 0 Å². The van der Waals surface area contributed by atoms with Crippen LogP contribution in [0.2, 0.25) is 0 Å². The smallest absolute Gasteiger partial charge is 0.140 e. The van der Waals surface area contributed by atoms with Crippen molar-refractivity contribution < 1.29 is 4.74 Å². The van der Waals surface area contributed by atoms with Crippen LogP contribution in [0.4, 0.5) is 11.5 Å². The molecule has 0 radical (unpaired) electrons. The lowest BCUT2D eigenvalue weighted by molar-refractivity contribution is 0.0927. The predicted octanol–water partition coefficient (Wildman–Crippen LogP) is 1.83. The molecule has 1 fully saturated rings. The van der Waals surface area contributed by atoms with Gasteiger partial charge in [0.2, 0.25) is 0 Å². The van der Waals surface area contributed by atoms with Gasteiger partial charge < -0.3 is 15.4 Å². The number of ether oxygens (including phenoxy) is 1. The molecule has 2 N–H and O–H groups in total. The summed E-state index contributed by atoms with van der Waals surface area (Å²) < 4.78 is 5.55. The summed E-state index contributed by atoms with van der Waals surface area (Å²) >= 11 is 0. The molecule has 19 heavy (non-hydrogen) atoms. The van der Waals surface area contributed by atoms with E-state index in [1.54, 1.807) is 6.33 Å². The molecule has 0 saturated carbocycles. The number of rotatable bonds is 2. The van der Waals surface area contributed by atoms with Crippen LogP contribution in [-0.4, -0.2) is 35.8 Å². The maximum Gasteiger partial charge on any atom is 0.140 e. The van der Waals surface area contributed by atoms with E-state index < -0.39 is 0 Å². The van der Waals surface area contributed by atoms with Gasteiger partial charge in [-0.25, -0.2) is 9.97 Å². The first kappa shape index (κ1) is 12.2. The van der Waals surface area contributed by atoms with Crippen molar-refractivity contribution >= 4 is 22.4 Å². The van der Waals surface area contributed by atoms with E-state index in [9.17, 15) is 0 Å². The molecule has 0 spiro atoms. The Morgan fingerprint density at radius 1 is 1.42 bits per heavy atom. The van der Waals surface area contributed by atoms with E-state index in [-0.39, 0.29) is 0 Å². The van der Waals surface area contributed by atoms with Crippen molar-refractivity contribution in [1.29, 1.82) is 0 Å². The number of fused-ring (bicyclic) bond motifs is 1. The van der Waals surface area contributed by atoms with Crippen LogP contribution in [0.25, 0.3) is 10.9 Å². The Morgan fingerprint density at radius 3 is 3.16 bits per heavy atom. The number of aromatic nitrogens is 2. The van der Waals surface area contributed by atoms with E-state index in [1.807, 2.05) is 18.2 Å². The van der Waals surface area contributed by atoms with Gasteiger partial charge in [-0.2, -0.15) is 0 Å². The fourth-order valence-corrected chi connectivity index (χ4v) is 2.56. The molecule has 0 amide bonds. The number of anilines is 2. The van der Waals surface area contributed by atoms with Crippen molar-refractivity contribution in [2.24, 2.45) is 0 Å². The molecular weight excluding hydrogens is 240 g/mol. The van der Waals surface area contributed by atoms with Gasteiger partial charge in [-0.3, -0.25) is 0 Å². The highest BCUT2D eigenvalue weighted by molar-refractivity contribution is 5.91. The van der Waals surface area contributed by atoms with Crippen LogP contribution < -0.4 is 10.6 Å². The normalized spacial score (nSPS) is 19.8. The largest absolute Gasteiger partial charge is 0.399 e. The van der Waals surface area contributed by atoms with Crippen LogP contribution in [0, 0.1) is 0 Å². The van der Waals surface area contributed by atoms with Gasteiger partial charge in [-0.1, -0.05) is 6.92 Å². The Labute approximate surface area is 112 Å². The molecular formula is C14H18N4O. The molecule has 100 valence electrons. The monoisotopic (exact) mass is 258 g/mol. The van der Waals surface area contributed by atoms with Gasteiger partial charge >= 0.3 is 0 Å². The number of nitrogens with two attached hydrogens (primary N) is 1. The number of nitrogen functional groups attached to an aromatic ring is 1. The Morgan fingerprint density at radius 2 is 2.32 bits per heavy atom. The molecule has 1 aromatic heterocycles. The summed E-state index contributed by atoms with van der Waals surface area (Å²) in [5.41, 5.74) is 7.43. The average molecular weight is 258 g/mol. The second-order valence-corrected chi connectivity index (χ2v) is 4.80. The molecule has 5 heteroatoms. The summed E-state index contributed by atoms with van der Waals surface area (Å²) in [4.78, 5) is 11.1. The Balaban J connectivity index is 2.08. The first-order valence-corrected chi connectivity index (χ1v) is 6.64. The Hall–Kier alpha value is -1.88. The summed E-state index contributed by atoms with van der Waals surface area (Å²) in [5, 5.41) is 1.05. The number of morpholine rings is 1. The number of nitrogens with zero attached hydrogens (tertiary/aromatic N) is 3. The second-order valence-electron chi connectivity index (χ2n) is 4.80. The zero-order valence-corrected chi connectivity index (χ0v) is 11.0. The number of hydrogen-bond acceptors (Lipinski definition) is 5. The maximum absolute atomic E-state index is 5.81. The topological polar surface area (TPSA) is 64.3 Å². The van der Waals surface area contributed by atoms with Gasteiger partial charge in [-0.05, 0) is 24.6 Å². The van der Waals surface area contributed by atoms with Gasteiger partial charge in [0.05, 0.1) is 24.8 Å². The first-order chi connectivity index (χ1) is 9.29. The third-order valence-electron chi connectivity index (χ3n) is 3.61. The second kappa shape index (κ2) is 5.01. The summed E-state index contributed by atoms with van der Waals surface area (Å²) in [6, 6.07) is 6.17. The van der Waals surface area contributed by atoms with Crippen molar-refractivity contribution in [3.05, 3.63) is 24.5 Å². The molecule has 2 aromatic rings. The Kier molecular flexibility index (Phi) is 3.21. The zero-order chi connectivity index (χ0) is 13.2. The molecule has 1 aliphatic heterocycles. The fourth-order valence-electron chi connectivity index (χ4n) is 2.56. The molecule has 2 heterocycles. The molecule has 3 rings (SSSR count). The standard InChI is InChI=1S/C14H18N4O/c1-2-11-8-19-6-5-18(11)14-12-4-3-10(15)7-13(12)16-9-17-14/h3-4,7,9,11H,2,5-6,8,15H2,1H3. The third-order valence-corrected chi connectivity index (χ3v) is 3.61. The highest BCUT2D eigenvalue weighted by atomic mass is 16.5. The van der Waals surface area contributed by atoms with E-state index in [2.05, 4.69) is 21.8 Å². The van der Waals surface area contributed by atoms with E-state index in [0.29, 0.717) is 6.04 Å². The summed E-state index contributed by atoms with van der Waals surface area (Å²) in [5.74, 6) is 0.986. The molecule has 1 aromatic carbocycles. The van der Waals surface area contributed by atoms with Gasteiger partial charge in [0.1, 0.15) is 12.1 Å². The highest BCUT2D eigenvalue weighted by Crippen LogP contribution is 2.27. The Bertz CT molecular complexity index is 587. The SMILES string of the molecule is CCC1COCCN1c1ncnc2cc(N)ccc12. The number of hydrogen-bond donors (Lipinski definition) is 1. The minimum Gasteiger partial charge on any atom is -0.399 e. The molecule has 5 nitrogen and oxygen atoms in total. The average Bonchev–Trinajstić information content (AvgIpc) is 2.46. The lowest BCUT2D eigenvalue weighted by Gasteiger charge is -2.36. The molecule has 1 aliphatic rings. The fraction of sp³-hybridized carbons (Fsp3) is 0.429. The lowest BCUT2D eigenvalue weighted by atomic mass is 10.1. The highest BCUT2D eigenvalue weighted by Gasteiger charge is 2.24. The van der Waals surface area contributed by atoms with Crippen LogP contribution in [0.5, 0.6) is 0 Å². The predicted molar refractivity (Wildman–Crippen MR) is 76.2 cm³/mol. The van der Waals surface area contributed by atoms with Gasteiger partial charge in [0, 0.05) is 17.6 Å². The quantitative estimate of drug-likeness (QED) is 0.832. The maximum atomic E-state index is 5.81. The van der Waals surface area contributed by atoms with Crippen molar-refractivity contribution in [2.45, 2.75) is 19.4 Å². The summed E-state index contributed by atoms with van der Waals surface area (Å²) in [6.45, 7) is 4.55. The van der Waals surface area contributed by atoms with Crippen molar-refractivity contribution in [3.8, 4) is 0 Å². The molecule has 0 aliphatic carbocycles. The van der Waals surface area contributed by atoms with E-state index >= 15 is 0 Å². The lowest BCUT2D eigenvalue weighted by Crippen LogP contribution is -2.45. The van der Waals surface area contributed by atoms with Crippen LogP contribution in [0.1, 0.15) is 13.3 Å². The van der Waals surface area contributed by atoms with Gasteiger partial charge in [-0.15, -0.1) is 0 Å². The van der Waals surface area contributed by atoms with Gasteiger partial charge in [0.25, 0.3) is 0 Å². The minimum atomic E-state index is 0.379. The molecule has 1 saturated heterocycles. The van der Waals surface area contributed by atoms with Crippen molar-refractivity contribution in [3.63, 3.8) is 0 Å². The minimum absolute atomic E-state index is 0.379. The van der Waals surface area contributed by atoms with E-state index in [0.717, 1.165) is 48.6 Å². The first-order valence-electron chi connectivity index (χ1n) is 6.64. The molecule has 1 unspecified atom stereocenters. The van der Waals surface area contributed by atoms with Crippen LogP contribution in [-0.2, 0) is 4.74 Å². The van der Waals surface area contributed by atoms with E-state index in [4.69, 9.17) is 10.5 Å². The zero-order valence-electron chi connectivity index (χ0n) is 11.0. The van der Waals surface area contributed by atoms with Gasteiger partial charge in [0.15, 0.2) is 0 Å². The van der Waals surface area contributed by atoms with Crippen LogP contribution in [0.15, 0.2) is 24.5 Å².